The summed E-state index contributed by atoms with van der Waals surface area (Å²) >= 11 is 6.30. The Morgan fingerprint density at radius 3 is 2.82 bits per heavy atom. The van der Waals surface area contributed by atoms with Gasteiger partial charge in [-0.15, -0.1) is 0 Å². The average Bonchev–Trinajstić information content (AvgIpc) is 3.30. The smallest absolute Gasteiger partial charge is 0.435 e. The number of benzene rings is 1. The lowest BCUT2D eigenvalue weighted by Gasteiger charge is -2.29. The van der Waals surface area contributed by atoms with E-state index in [0.29, 0.717) is 41.9 Å². The van der Waals surface area contributed by atoms with Gasteiger partial charge in [0.15, 0.2) is 11.5 Å². The van der Waals surface area contributed by atoms with Crippen molar-refractivity contribution in [1.29, 1.82) is 0 Å². The molecule has 0 radical (unpaired) electrons. The van der Waals surface area contributed by atoms with E-state index in [1.165, 1.54) is 10.8 Å². The molecule has 1 aromatic carbocycles. The lowest BCUT2D eigenvalue weighted by atomic mass is 9.98. The van der Waals surface area contributed by atoms with Gasteiger partial charge in [-0.25, -0.2) is 9.67 Å². The van der Waals surface area contributed by atoms with Crippen LogP contribution >= 0.6 is 11.6 Å². The van der Waals surface area contributed by atoms with Crippen LogP contribution in [0.3, 0.4) is 0 Å². The van der Waals surface area contributed by atoms with E-state index in [9.17, 15) is 18.0 Å². The predicted molar refractivity (Wildman–Crippen MR) is 136 cm³/mol. The molecule has 10 nitrogen and oxygen atoms in total. The third kappa shape index (κ3) is 4.74. The van der Waals surface area contributed by atoms with Gasteiger partial charge < -0.3 is 24.7 Å². The number of aromatic nitrogens is 5. The van der Waals surface area contributed by atoms with Crippen LogP contribution in [0.15, 0.2) is 41.5 Å². The van der Waals surface area contributed by atoms with Crippen LogP contribution in [-0.4, -0.2) is 50.2 Å². The Kier molecular flexibility index (Phi) is 6.43. The molecule has 0 fully saturated rings. The fourth-order valence-corrected chi connectivity index (χ4v) is 4.44. The normalized spacial score (nSPS) is 17.4. The summed E-state index contributed by atoms with van der Waals surface area (Å²) in [6.07, 6.45) is -1.60. The Labute approximate surface area is 219 Å². The van der Waals surface area contributed by atoms with Crippen molar-refractivity contribution in [3.8, 4) is 11.7 Å². The summed E-state index contributed by atoms with van der Waals surface area (Å²) in [7, 11) is 3.27. The van der Waals surface area contributed by atoms with Crippen molar-refractivity contribution in [3.63, 3.8) is 0 Å². The summed E-state index contributed by atoms with van der Waals surface area (Å²) in [5.74, 6) is 0.262. The zero-order valence-corrected chi connectivity index (χ0v) is 21.3. The Morgan fingerprint density at radius 2 is 2.11 bits per heavy atom. The minimum absolute atomic E-state index is 0.102. The molecule has 4 heterocycles. The molecule has 0 spiro atoms. The molecule has 1 atom stereocenters. The van der Waals surface area contributed by atoms with Gasteiger partial charge in [0.25, 0.3) is 11.5 Å². The van der Waals surface area contributed by atoms with Gasteiger partial charge in [-0.1, -0.05) is 11.6 Å². The molecule has 3 aromatic heterocycles. The fourth-order valence-electron chi connectivity index (χ4n) is 4.30. The Balaban J connectivity index is 1.56. The van der Waals surface area contributed by atoms with Crippen LogP contribution < -0.4 is 20.9 Å². The number of anilines is 3. The van der Waals surface area contributed by atoms with E-state index in [-0.39, 0.29) is 28.1 Å². The van der Waals surface area contributed by atoms with Crippen molar-refractivity contribution in [2.75, 3.05) is 31.0 Å². The second-order valence-corrected chi connectivity index (χ2v) is 9.56. The highest BCUT2D eigenvalue weighted by Crippen LogP contribution is 2.37. The van der Waals surface area contributed by atoms with Gasteiger partial charge >= 0.3 is 6.18 Å². The van der Waals surface area contributed by atoms with Gasteiger partial charge in [-0.2, -0.15) is 23.3 Å². The lowest BCUT2D eigenvalue weighted by Crippen LogP contribution is -2.39. The molecule has 0 amide bonds. The number of pyridine rings is 1. The Hall–Kier alpha value is -3.84. The number of hydrogen-bond acceptors (Lipinski definition) is 8. The molecule has 5 rings (SSSR count). The second kappa shape index (κ2) is 9.48. The largest absolute Gasteiger partial charge is 0.486 e. The van der Waals surface area contributed by atoms with Crippen molar-refractivity contribution in [2.24, 2.45) is 7.05 Å². The number of halogens is 4. The molecule has 0 unspecified atom stereocenters. The van der Waals surface area contributed by atoms with Crippen LogP contribution in [0.25, 0.3) is 16.9 Å². The minimum atomic E-state index is -4.60. The van der Waals surface area contributed by atoms with Crippen LogP contribution in [-0.2, 0) is 18.0 Å². The van der Waals surface area contributed by atoms with Crippen molar-refractivity contribution >= 4 is 39.7 Å². The molecule has 0 bridgehead atoms. The summed E-state index contributed by atoms with van der Waals surface area (Å²) in [5, 5.41) is 10.9. The molecule has 38 heavy (non-hydrogen) atoms. The number of fused-ring (bicyclic) bond motifs is 3. The molecule has 4 aromatic rings. The number of ether oxygens (including phenoxy) is 2. The number of aryl methyl sites for hydroxylation is 1. The van der Waals surface area contributed by atoms with Gasteiger partial charge in [-0.05, 0) is 31.2 Å². The first kappa shape index (κ1) is 25.8. The predicted octanol–water partition coefficient (Wildman–Crippen LogP) is 4.53. The van der Waals surface area contributed by atoms with Gasteiger partial charge in [0.2, 0.25) is 5.75 Å². The van der Waals surface area contributed by atoms with Crippen molar-refractivity contribution in [2.45, 2.75) is 25.1 Å². The zero-order valence-electron chi connectivity index (χ0n) is 20.6. The van der Waals surface area contributed by atoms with Crippen molar-refractivity contribution in [3.05, 3.63) is 57.7 Å². The molecule has 200 valence electrons. The third-order valence-electron chi connectivity index (χ3n) is 6.22. The van der Waals surface area contributed by atoms with Gasteiger partial charge in [0, 0.05) is 37.8 Å². The molecule has 2 N–H and O–H groups in total. The first-order chi connectivity index (χ1) is 18.0. The zero-order chi connectivity index (χ0) is 27.2. The lowest BCUT2D eigenvalue weighted by molar-refractivity contribution is -0.141. The van der Waals surface area contributed by atoms with E-state index < -0.39 is 17.4 Å². The number of methoxy groups -OCH3 is 1. The molecule has 0 aliphatic carbocycles. The van der Waals surface area contributed by atoms with Crippen LogP contribution in [0.1, 0.15) is 19.0 Å². The van der Waals surface area contributed by atoms with Gasteiger partial charge in [-0.3, -0.25) is 4.79 Å². The van der Waals surface area contributed by atoms with Crippen LogP contribution in [0, 0.1) is 0 Å². The molecule has 0 saturated heterocycles. The maximum atomic E-state index is 13.0. The van der Waals surface area contributed by atoms with Crippen LogP contribution in [0.5, 0.6) is 5.75 Å². The summed E-state index contributed by atoms with van der Waals surface area (Å²) in [4.78, 5) is 21.3. The van der Waals surface area contributed by atoms with E-state index in [4.69, 9.17) is 21.1 Å². The van der Waals surface area contributed by atoms with Crippen molar-refractivity contribution in [1.82, 2.24) is 24.3 Å². The monoisotopic (exact) mass is 549 g/mol. The number of nitrogens with one attached hydrogen (secondary N) is 2. The molecule has 0 saturated carbocycles. The van der Waals surface area contributed by atoms with E-state index >= 15 is 0 Å². The minimum Gasteiger partial charge on any atom is -0.486 e. The highest BCUT2D eigenvalue weighted by Gasteiger charge is 2.34. The highest BCUT2D eigenvalue weighted by molar-refractivity contribution is 6.32. The average molecular weight is 550 g/mol. The molecule has 1 aliphatic heterocycles. The third-order valence-corrected chi connectivity index (χ3v) is 6.50. The number of rotatable bonds is 5. The van der Waals surface area contributed by atoms with Crippen LogP contribution in [0.2, 0.25) is 5.02 Å². The maximum Gasteiger partial charge on any atom is 0.435 e. The quantitative estimate of drug-likeness (QED) is 0.374. The van der Waals surface area contributed by atoms with E-state index in [0.717, 1.165) is 16.9 Å². The summed E-state index contributed by atoms with van der Waals surface area (Å²) < 4.78 is 52.6. The van der Waals surface area contributed by atoms with Crippen molar-refractivity contribution < 1.29 is 22.6 Å². The second-order valence-electron chi connectivity index (χ2n) is 9.15. The first-order valence-electron chi connectivity index (χ1n) is 11.5. The molecular formula is C24H23ClF3N7O3. The van der Waals surface area contributed by atoms with Crippen LogP contribution in [0.4, 0.5) is 30.4 Å². The fraction of sp³-hybridized carbons (Fsp3) is 0.333. The summed E-state index contributed by atoms with van der Waals surface area (Å²) in [5.41, 5.74) is -0.0740. The van der Waals surface area contributed by atoms with Gasteiger partial charge in [0.05, 0.1) is 36.2 Å². The SMILES string of the molecule is COC[C@]1(C)CCOc2c(c3cc(Nc4nc(-n5ccc(C(F)(F)F)n5)ncc4Cl)ccc3n(C)c2=O)N1. The number of nitrogens with zero attached hydrogens (tertiary/aromatic N) is 5. The van der Waals surface area contributed by atoms with E-state index in [1.54, 1.807) is 32.4 Å². The Morgan fingerprint density at radius 1 is 1.32 bits per heavy atom. The highest BCUT2D eigenvalue weighted by atomic mass is 35.5. The standard InChI is InChI=1S/C24H23ClF3N7O3/c1-23(12-37-3)7-9-38-19-18(32-23)14-10-13(4-5-16(14)34(2)21(19)36)30-20-15(25)11-29-22(31-20)35-8-6-17(33-35)24(26,27)28/h4-6,8,10-11,32H,7,9,12H2,1-3H3,(H,29,30,31)/t23-/m0/s1. The first-order valence-corrected chi connectivity index (χ1v) is 11.9. The van der Waals surface area contributed by atoms with Gasteiger partial charge in [0.1, 0.15) is 5.02 Å². The number of alkyl halides is 3. The summed E-state index contributed by atoms with van der Waals surface area (Å²) in [6, 6.07) is 6.12. The maximum absolute atomic E-state index is 13.0. The van der Waals surface area contributed by atoms with E-state index in [2.05, 4.69) is 25.7 Å². The topological polar surface area (TPSA) is 108 Å². The van der Waals surface area contributed by atoms with E-state index in [1.807, 2.05) is 6.92 Å². The molecule has 14 heteroatoms. The Bertz CT molecular complexity index is 1590. The molecule has 1 aliphatic rings. The summed E-state index contributed by atoms with van der Waals surface area (Å²) in [6.45, 7) is 2.72. The molecular weight excluding hydrogens is 527 g/mol. The number of hydrogen-bond donors (Lipinski definition) is 2.